The van der Waals surface area contributed by atoms with Crippen LogP contribution in [-0.4, -0.2) is 36.1 Å². The topological polar surface area (TPSA) is 52.6 Å². The van der Waals surface area contributed by atoms with Crippen molar-refractivity contribution in [1.29, 1.82) is 0 Å². The minimum absolute atomic E-state index is 0.0691. The van der Waals surface area contributed by atoms with Gasteiger partial charge in [-0.15, -0.1) is 0 Å². The van der Waals surface area contributed by atoms with Crippen molar-refractivity contribution in [3.05, 3.63) is 41.0 Å². The van der Waals surface area contributed by atoms with Crippen LogP contribution in [0.4, 0.5) is 0 Å². The lowest BCUT2D eigenvalue weighted by molar-refractivity contribution is -0.126. The molecule has 1 fully saturated rings. The Hall–Kier alpha value is -1.81. The molecule has 1 aliphatic rings. The molecule has 0 unspecified atom stereocenters. The van der Waals surface area contributed by atoms with E-state index in [2.05, 4.69) is 5.32 Å². The van der Waals surface area contributed by atoms with Crippen LogP contribution in [0.25, 0.3) is 0 Å². The van der Waals surface area contributed by atoms with E-state index in [0.29, 0.717) is 6.54 Å². The predicted octanol–water partition coefficient (Wildman–Crippen LogP) is 1.27. The second-order valence-electron chi connectivity index (χ2n) is 4.66. The van der Waals surface area contributed by atoms with Crippen LogP contribution in [0.5, 0.6) is 5.75 Å². The molecule has 1 aromatic rings. The van der Waals surface area contributed by atoms with E-state index in [4.69, 9.17) is 0 Å². The minimum Gasteiger partial charge on any atom is -0.508 e. The first-order valence-corrected chi connectivity index (χ1v) is 6.00. The fourth-order valence-electron chi connectivity index (χ4n) is 1.90. The Balaban J connectivity index is 2.01. The largest absolute Gasteiger partial charge is 0.508 e. The van der Waals surface area contributed by atoms with Crippen LogP contribution in [-0.2, 0) is 11.3 Å². The molecule has 0 spiro atoms. The number of hydrogen-bond donors (Lipinski definition) is 2. The van der Waals surface area contributed by atoms with Crippen LogP contribution >= 0.6 is 0 Å². The smallest absolute Gasteiger partial charge is 0.249 e. The zero-order valence-corrected chi connectivity index (χ0v) is 10.7. The summed E-state index contributed by atoms with van der Waals surface area (Å²) in [4.78, 5) is 13.8. The molecule has 4 nitrogen and oxygen atoms in total. The maximum absolute atomic E-state index is 12.1. The molecule has 1 saturated heterocycles. The third kappa shape index (κ3) is 2.71. The van der Waals surface area contributed by atoms with Crippen molar-refractivity contribution in [2.24, 2.45) is 0 Å². The molecule has 1 aromatic carbocycles. The minimum atomic E-state index is 0.0691. The van der Waals surface area contributed by atoms with Crippen molar-refractivity contribution >= 4 is 5.91 Å². The highest BCUT2D eigenvalue weighted by atomic mass is 16.3. The molecule has 0 radical (unpaired) electrons. The van der Waals surface area contributed by atoms with Crippen LogP contribution in [0, 0.1) is 0 Å². The van der Waals surface area contributed by atoms with Gasteiger partial charge >= 0.3 is 0 Å². The van der Waals surface area contributed by atoms with Crippen molar-refractivity contribution in [2.45, 2.75) is 13.5 Å². The van der Waals surface area contributed by atoms with Gasteiger partial charge < -0.3 is 15.3 Å². The quantitative estimate of drug-likeness (QED) is 0.790. The molecule has 0 saturated carbocycles. The van der Waals surface area contributed by atoms with E-state index in [-0.39, 0.29) is 11.7 Å². The lowest BCUT2D eigenvalue weighted by Gasteiger charge is -2.24. The van der Waals surface area contributed by atoms with Crippen molar-refractivity contribution < 1.29 is 9.90 Å². The van der Waals surface area contributed by atoms with Gasteiger partial charge in [0.2, 0.25) is 5.91 Å². The summed E-state index contributed by atoms with van der Waals surface area (Å²) in [6.45, 7) is 4.08. The first kappa shape index (κ1) is 12.6. The van der Waals surface area contributed by atoms with E-state index in [1.165, 1.54) is 5.57 Å². The van der Waals surface area contributed by atoms with Gasteiger partial charge in [0.25, 0.3) is 0 Å². The van der Waals surface area contributed by atoms with Crippen molar-refractivity contribution in [3.8, 4) is 5.75 Å². The molecule has 1 heterocycles. The number of rotatable bonds is 3. The highest BCUT2D eigenvalue weighted by Gasteiger charge is 2.18. The van der Waals surface area contributed by atoms with Gasteiger partial charge in [-0.1, -0.05) is 12.1 Å². The van der Waals surface area contributed by atoms with E-state index in [1.807, 2.05) is 19.1 Å². The Kier molecular flexibility index (Phi) is 3.67. The van der Waals surface area contributed by atoms with E-state index >= 15 is 0 Å². The fourth-order valence-corrected chi connectivity index (χ4v) is 1.90. The molecule has 1 amide bonds. The van der Waals surface area contributed by atoms with Gasteiger partial charge in [-0.05, 0) is 30.2 Å². The third-order valence-electron chi connectivity index (χ3n) is 3.23. The summed E-state index contributed by atoms with van der Waals surface area (Å²) in [6, 6.07) is 6.92. The van der Waals surface area contributed by atoms with Crippen molar-refractivity contribution in [1.82, 2.24) is 10.2 Å². The van der Waals surface area contributed by atoms with Gasteiger partial charge in [-0.25, -0.2) is 0 Å². The second kappa shape index (κ2) is 5.23. The van der Waals surface area contributed by atoms with Crippen LogP contribution in [0.2, 0.25) is 0 Å². The van der Waals surface area contributed by atoms with Gasteiger partial charge in [0.1, 0.15) is 5.75 Å². The van der Waals surface area contributed by atoms with Gasteiger partial charge in [0, 0.05) is 32.3 Å². The third-order valence-corrected chi connectivity index (χ3v) is 3.23. The van der Waals surface area contributed by atoms with Gasteiger partial charge in [-0.2, -0.15) is 0 Å². The van der Waals surface area contributed by atoms with E-state index < -0.39 is 0 Å². The number of benzene rings is 1. The zero-order chi connectivity index (χ0) is 13.1. The number of carbonyl (C=O) groups is 1. The molecule has 96 valence electrons. The molecule has 2 N–H and O–H groups in total. The van der Waals surface area contributed by atoms with Crippen molar-refractivity contribution in [3.63, 3.8) is 0 Å². The van der Waals surface area contributed by atoms with Crippen LogP contribution < -0.4 is 5.32 Å². The Morgan fingerprint density at radius 3 is 2.44 bits per heavy atom. The molecular weight excluding hydrogens is 228 g/mol. The lowest BCUT2D eigenvalue weighted by Crippen LogP contribution is -2.38. The molecule has 0 atom stereocenters. The fraction of sp³-hybridized carbons (Fsp3) is 0.357. The van der Waals surface area contributed by atoms with Crippen LogP contribution in [0.1, 0.15) is 12.5 Å². The van der Waals surface area contributed by atoms with Gasteiger partial charge in [-0.3, -0.25) is 4.79 Å². The first-order chi connectivity index (χ1) is 8.58. The lowest BCUT2D eigenvalue weighted by atomic mass is 10.0. The predicted molar refractivity (Wildman–Crippen MR) is 70.2 cm³/mol. The summed E-state index contributed by atoms with van der Waals surface area (Å²) >= 11 is 0. The summed E-state index contributed by atoms with van der Waals surface area (Å²) in [5.74, 6) is 0.311. The summed E-state index contributed by atoms with van der Waals surface area (Å²) in [7, 11) is 1.80. The summed E-state index contributed by atoms with van der Waals surface area (Å²) in [5, 5.41) is 12.3. The van der Waals surface area contributed by atoms with Crippen molar-refractivity contribution in [2.75, 3.05) is 20.1 Å². The maximum atomic E-state index is 12.1. The number of nitrogens with zero attached hydrogens (tertiary/aromatic N) is 1. The van der Waals surface area contributed by atoms with Gasteiger partial charge in [0.05, 0.1) is 0 Å². The molecule has 0 bridgehead atoms. The van der Waals surface area contributed by atoms with E-state index in [0.717, 1.165) is 24.2 Å². The molecule has 18 heavy (non-hydrogen) atoms. The highest BCUT2D eigenvalue weighted by Crippen LogP contribution is 2.14. The Labute approximate surface area is 107 Å². The standard InChI is InChI=1S/C14H18N2O2/c1-10(12-7-15-8-12)14(18)16(2)9-11-3-5-13(17)6-4-11/h3-6,15,17H,7-9H2,1-2H3. The zero-order valence-electron chi connectivity index (χ0n) is 10.7. The molecule has 0 aliphatic carbocycles. The van der Waals surface area contributed by atoms with E-state index in [9.17, 15) is 9.90 Å². The summed E-state index contributed by atoms with van der Waals surface area (Å²) in [6.07, 6.45) is 0. The number of hydrogen-bond acceptors (Lipinski definition) is 3. The van der Waals surface area contributed by atoms with E-state index in [1.54, 1.807) is 24.1 Å². The summed E-state index contributed by atoms with van der Waals surface area (Å²) < 4.78 is 0. The highest BCUT2D eigenvalue weighted by molar-refractivity contribution is 5.93. The first-order valence-electron chi connectivity index (χ1n) is 6.00. The average molecular weight is 246 g/mol. The number of likely N-dealkylation sites (N-methyl/N-ethyl adjacent to an activating group) is 1. The Morgan fingerprint density at radius 2 is 1.94 bits per heavy atom. The normalized spacial score (nSPS) is 14.0. The Morgan fingerprint density at radius 1 is 1.33 bits per heavy atom. The number of carbonyl (C=O) groups excluding carboxylic acids is 1. The second-order valence-corrected chi connectivity index (χ2v) is 4.66. The number of aromatic hydroxyl groups is 1. The monoisotopic (exact) mass is 246 g/mol. The molecule has 0 aromatic heterocycles. The van der Waals surface area contributed by atoms with Crippen LogP contribution in [0.3, 0.4) is 0 Å². The number of phenolic OH excluding ortho intramolecular Hbond substituents is 1. The average Bonchev–Trinajstić information content (AvgIpc) is 2.28. The SMILES string of the molecule is CC(C(=O)N(C)Cc1ccc(O)cc1)=C1CNC1. The number of amides is 1. The Bertz CT molecular complexity index is 471. The van der Waals surface area contributed by atoms with Crippen LogP contribution in [0.15, 0.2) is 35.4 Å². The summed E-state index contributed by atoms with van der Waals surface area (Å²) in [5.41, 5.74) is 3.04. The molecule has 1 aliphatic heterocycles. The number of nitrogens with one attached hydrogen (secondary N) is 1. The molecule has 2 rings (SSSR count). The van der Waals surface area contributed by atoms with Gasteiger partial charge in [0.15, 0.2) is 0 Å². The molecule has 4 heteroatoms. The molecular formula is C14H18N2O2. The maximum Gasteiger partial charge on any atom is 0.249 e. The number of phenols is 1.